The highest BCUT2D eigenvalue weighted by molar-refractivity contribution is 7.98. The van der Waals surface area contributed by atoms with Gasteiger partial charge in [-0.05, 0) is 60.7 Å². The van der Waals surface area contributed by atoms with E-state index in [-0.39, 0.29) is 10.5 Å². The second-order valence-corrected chi connectivity index (χ2v) is 11.4. The van der Waals surface area contributed by atoms with Crippen molar-refractivity contribution in [2.75, 3.05) is 4.72 Å². The molecule has 34 heavy (non-hydrogen) atoms. The van der Waals surface area contributed by atoms with E-state index in [4.69, 9.17) is 0 Å². The van der Waals surface area contributed by atoms with Gasteiger partial charge < -0.3 is 0 Å². The van der Waals surface area contributed by atoms with E-state index in [0.29, 0.717) is 28.7 Å². The summed E-state index contributed by atoms with van der Waals surface area (Å²) in [6.45, 7) is 6.19. The first-order valence-electron chi connectivity index (χ1n) is 11.0. The standard InChI is InChI=1S/C26H27N3O3S2/c1-18(2)14-20-9-11-22(12-10-20)34(31,32)28-23-6-4-5-7-24(23)33-17-21-15-26(30)29-16-19(3)8-13-25(29)27-21/h4-13,15-16,18,28H,14,17H2,1-3H3. The number of aromatic nitrogens is 2. The first kappa shape index (κ1) is 24.0. The molecule has 0 atom stereocenters. The highest BCUT2D eigenvalue weighted by Crippen LogP contribution is 2.31. The van der Waals surface area contributed by atoms with Gasteiger partial charge in [-0.15, -0.1) is 11.8 Å². The van der Waals surface area contributed by atoms with Crippen LogP contribution in [0.5, 0.6) is 0 Å². The second-order valence-electron chi connectivity index (χ2n) is 8.65. The van der Waals surface area contributed by atoms with Crippen molar-refractivity contribution >= 4 is 33.1 Å². The number of nitrogens with zero attached hydrogens (tertiary/aromatic N) is 2. The fourth-order valence-corrected chi connectivity index (χ4v) is 5.69. The molecule has 4 aromatic rings. The topological polar surface area (TPSA) is 80.5 Å². The Hall–Kier alpha value is -3.10. The zero-order chi connectivity index (χ0) is 24.3. The van der Waals surface area contributed by atoms with Crippen LogP contribution in [0.2, 0.25) is 0 Å². The Bertz CT molecular complexity index is 1480. The molecule has 0 saturated carbocycles. The minimum Gasteiger partial charge on any atom is -0.278 e. The summed E-state index contributed by atoms with van der Waals surface area (Å²) >= 11 is 1.43. The van der Waals surface area contributed by atoms with Crippen LogP contribution in [0.3, 0.4) is 0 Å². The average Bonchev–Trinajstić information content (AvgIpc) is 2.79. The van der Waals surface area contributed by atoms with Gasteiger partial charge in [-0.25, -0.2) is 13.4 Å². The summed E-state index contributed by atoms with van der Waals surface area (Å²) in [5, 5.41) is 0. The number of fused-ring (bicyclic) bond motifs is 1. The van der Waals surface area contributed by atoms with Crippen molar-refractivity contribution in [1.82, 2.24) is 9.38 Å². The second kappa shape index (κ2) is 10.0. The van der Waals surface area contributed by atoms with Crippen LogP contribution in [0.25, 0.3) is 5.65 Å². The van der Waals surface area contributed by atoms with E-state index in [0.717, 1.165) is 22.4 Å². The first-order valence-corrected chi connectivity index (χ1v) is 13.5. The van der Waals surface area contributed by atoms with Gasteiger partial charge in [0, 0.05) is 22.9 Å². The molecule has 1 N–H and O–H groups in total. The van der Waals surface area contributed by atoms with Crippen LogP contribution in [0.1, 0.15) is 30.7 Å². The molecule has 176 valence electrons. The summed E-state index contributed by atoms with van der Waals surface area (Å²) in [5.74, 6) is 0.935. The molecule has 0 amide bonds. The molecule has 0 aliphatic carbocycles. The van der Waals surface area contributed by atoms with Crippen molar-refractivity contribution in [3.8, 4) is 0 Å². The van der Waals surface area contributed by atoms with Crippen LogP contribution >= 0.6 is 11.8 Å². The summed E-state index contributed by atoms with van der Waals surface area (Å²) in [6.07, 6.45) is 2.67. The molecule has 2 aromatic carbocycles. The van der Waals surface area contributed by atoms with Gasteiger partial charge >= 0.3 is 0 Å². The lowest BCUT2D eigenvalue weighted by molar-refractivity contribution is 0.601. The number of benzene rings is 2. The van der Waals surface area contributed by atoms with Crippen LogP contribution in [0.15, 0.2) is 87.5 Å². The Balaban J connectivity index is 1.52. The molecule has 0 unspecified atom stereocenters. The molecule has 0 aliphatic heterocycles. The van der Waals surface area contributed by atoms with Gasteiger partial charge in [0.05, 0.1) is 16.3 Å². The summed E-state index contributed by atoms with van der Waals surface area (Å²) in [7, 11) is -3.74. The first-order chi connectivity index (χ1) is 16.2. The Morgan fingerprint density at radius 1 is 1.03 bits per heavy atom. The minimum atomic E-state index is -3.74. The van der Waals surface area contributed by atoms with Gasteiger partial charge in [-0.1, -0.05) is 44.2 Å². The largest absolute Gasteiger partial charge is 0.278 e. The van der Waals surface area contributed by atoms with Gasteiger partial charge in [-0.3, -0.25) is 13.9 Å². The third-order valence-electron chi connectivity index (χ3n) is 5.25. The van der Waals surface area contributed by atoms with Gasteiger partial charge in [-0.2, -0.15) is 0 Å². The maximum Gasteiger partial charge on any atom is 0.261 e. The van der Waals surface area contributed by atoms with Crippen molar-refractivity contribution in [3.05, 3.63) is 100 Å². The maximum atomic E-state index is 13.0. The zero-order valence-electron chi connectivity index (χ0n) is 19.4. The van der Waals surface area contributed by atoms with E-state index in [1.165, 1.54) is 22.2 Å². The van der Waals surface area contributed by atoms with Crippen LogP contribution in [0.4, 0.5) is 5.69 Å². The normalized spacial score (nSPS) is 11.8. The van der Waals surface area contributed by atoms with Crippen LogP contribution in [0, 0.1) is 12.8 Å². The fourth-order valence-electron chi connectivity index (χ4n) is 3.64. The smallest absolute Gasteiger partial charge is 0.261 e. The summed E-state index contributed by atoms with van der Waals surface area (Å²) in [6, 6.07) is 19.5. The molecule has 6 nitrogen and oxygen atoms in total. The molecule has 0 bridgehead atoms. The van der Waals surface area contributed by atoms with Crippen molar-refractivity contribution in [2.45, 2.75) is 42.7 Å². The number of nitrogens with one attached hydrogen (secondary N) is 1. The molecule has 8 heteroatoms. The predicted octanol–water partition coefficient (Wildman–Crippen LogP) is 5.29. The lowest BCUT2D eigenvalue weighted by Gasteiger charge is -2.13. The molecular weight excluding hydrogens is 466 g/mol. The third-order valence-corrected chi connectivity index (χ3v) is 7.73. The Morgan fingerprint density at radius 3 is 2.50 bits per heavy atom. The molecule has 0 radical (unpaired) electrons. The van der Waals surface area contributed by atoms with Gasteiger partial charge in [0.15, 0.2) is 0 Å². The number of para-hydroxylation sites is 1. The highest BCUT2D eigenvalue weighted by atomic mass is 32.2. The molecule has 2 heterocycles. The molecule has 4 rings (SSSR count). The number of aryl methyl sites for hydroxylation is 1. The quantitative estimate of drug-likeness (QED) is 0.337. The number of thioether (sulfide) groups is 1. The van der Waals surface area contributed by atoms with E-state index in [1.807, 2.05) is 43.3 Å². The van der Waals surface area contributed by atoms with Crippen molar-refractivity contribution < 1.29 is 8.42 Å². The summed E-state index contributed by atoms with van der Waals surface area (Å²) < 4.78 is 30.2. The number of sulfonamides is 1. The Kier molecular flexibility index (Phi) is 7.09. The maximum absolute atomic E-state index is 13.0. The van der Waals surface area contributed by atoms with E-state index < -0.39 is 10.0 Å². The van der Waals surface area contributed by atoms with Crippen molar-refractivity contribution in [1.29, 1.82) is 0 Å². The zero-order valence-corrected chi connectivity index (χ0v) is 21.0. The number of rotatable bonds is 8. The molecular formula is C26H27N3O3S2. The summed E-state index contributed by atoms with van der Waals surface area (Å²) in [4.78, 5) is 18.0. The van der Waals surface area contributed by atoms with E-state index in [2.05, 4.69) is 23.6 Å². The predicted molar refractivity (Wildman–Crippen MR) is 138 cm³/mol. The van der Waals surface area contributed by atoms with Gasteiger partial charge in [0.25, 0.3) is 15.6 Å². The molecule has 0 spiro atoms. The molecule has 0 saturated heterocycles. The molecule has 0 fully saturated rings. The van der Waals surface area contributed by atoms with Crippen molar-refractivity contribution in [2.24, 2.45) is 5.92 Å². The summed E-state index contributed by atoms with van der Waals surface area (Å²) in [5.41, 5.74) is 3.67. The lowest BCUT2D eigenvalue weighted by Crippen LogP contribution is -2.15. The molecule has 2 aromatic heterocycles. The number of hydrogen-bond donors (Lipinski definition) is 1. The number of hydrogen-bond acceptors (Lipinski definition) is 5. The average molecular weight is 494 g/mol. The van der Waals surface area contributed by atoms with E-state index in [1.54, 1.807) is 30.5 Å². The number of anilines is 1. The Labute approximate surface area is 204 Å². The third kappa shape index (κ3) is 5.69. The fraction of sp³-hybridized carbons (Fsp3) is 0.231. The van der Waals surface area contributed by atoms with Gasteiger partial charge in [0.2, 0.25) is 0 Å². The van der Waals surface area contributed by atoms with E-state index in [9.17, 15) is 13.2 Å². The van der Waals surface area contributed by atoms with Crippen LogP contribution in [-0.2, 0) is 22.2 Å². The molecule has 0 aliphatic rings. The lowest BCUT2D eigenvalue weighted by atomic mass is 10.0. The van der Waals surface area contributed by atoms with Crippen LogP contribution < -0.4 is 10.3 Å². The van der Waals surface area contributed by atoms with E-state index >= 15 is 0 Å². The van der Waals surface area contributed by atoms with Crippen LogP contribution in [-0.4, -0.2) is 17.8 Å². The van der Waals surface area contributed by atoms with Crippen molar-refractivity contribution in [3.63, 3.8) is 0 Å². The van der Waals surface area contributed by atoms with Gasteiger partial charge in [0.1, 0.15) is 5.65 Å². The SMILES string of the molecule is Cc1ccc2nc(CSc3ccccc3NS(=O)(=O)c3ccc(CC(C)C)cc3)cc(=O)n2c1. The minimum absolute atomic E-state index is 0.140. The monoisotopic (exact) mass is 493 g/mol. The highest BCUT2D eigenvalue weighted by Gasteiger charge is 2.16. The number of pyridine rings is 1. The Morgan fingerprint density at radius 2 is 1.76 bits per heavy atom.